The van der Waals surface area contributed by atoms with Gasteiger partial charge in [0.1, 0.15) is 5.75 Å². The molecule has 0 amide bonds. The molecule has 0 saturated carbocycles. The molecule has 1 aromatic rings. The molecule has 70 valence electrons. The van der Waals surface area contributed by atoms with Crippen molar-refractivity contribution in [3.05, 3.63) is 42.9 Å². The van der Waals surface area contributed by atoms with Crippen LogP contribution in [-0.4, -0.2) is 4.21 Å². The maximum absolute atomic E-state index is 12.0. The van der Waals surface area contributed by atoms with Crippen LogP contribution in [0, 0.1) is 0 Å². The van der Waals surface area contributed by atoms with Crippen molar-refractivity contribution in [2.45, 2.75) is 0 Å². The molecule has 0 fully saturated rings. The Bertz CT molecular complexity index is 312. The van der Waals surface area contributed by atoms with Crippen molar-refractivity contribution in [1.29, 1.82) is 0 Å². The lowest BCUT2D eigenvalue weighted by molar-refractivity contribution is 0.301. The van der Waals surface area contributed by atoms with Crippen molar-refractivity contribution in [3.63, 3.8) is 0 Å². The molecular weight excluding hydrogens is 195 g/mol. The predicted octanol–water partition coefficient (Wildman–Crippen LogP) is 2.10. The highest BCUT2D eigenvalue weighted by Gasteiger charge is 2.04. The Morgan fingerprint density at radius 2 is 2.00 bits per heavy atom. The maximum atomic E-state index is 12.0. The first-order chi connectivity index (χ1) is 6.18. The molecule has 1 rings (SSSR count). The number of benzene rings is 1. The van der Waals surface area contributed by atoms with Gasteiger partial charge >= 0.3 is 11.4 Å². The fourth-order valence-electron chi connectivity index (χ4n) is 0.645. The SMILES string of the molecule is C=C(F)OS(=O)Oc1ccccc1. The standard InChI is InChI=1S/C8H7FO3S/c1-7(9)11-13(10)12-8-5-3-2-4-6-8/h2-6H,1H2. The Kier molecular flexibility index (Phi) is 3.45. The van der Waals surface area contributed by atoms with Gasteiger partial charge in [0.2, 0.25) is 0 Å². The number of halogens is 1. The summed E-state index contributed by atoms with van der Waals surface area (Å²) in [5.41, 5.74) is 0. The lowest BCUT2D eigenvalue weighted by Crippen LogP contribution is -2.02. The van der Waals surface area contributed by atoms with E-state index < -0.39 is 17.4 Å². The highest BCUT2D eigenvalue weighted by Crippen LogP contribution is 2.11. The van der Waals surface area contributed by atoms with Crippen LogP contribution in [0.1, 0.15) is 0 Å². The van der Waals surface area contributed by atoms with E-state index in [4.69, 9.17) is 0 Å². The molecule has 0 N–H and O–H groups in total. The minimum absolute atomic E-state index is 0.335. The Balaban J connectivity index is 2.50. The molecule has 13 heavy (non-hydrogen) atoms. The molecule has 1 aromatic carbocycles. The number of hydrogen-bond donors (Lipinski definition) is 0. The van der Waals surface area contributed by atoms with E-state index in [1.807, 2.05) is 0 Å². The van der Waals surface area contributed by atoms with Crippen molar-refractivity contribution in [2.75, 3.05) is 0 Å². The molecule has 0 aromatic heterocycles. The zero-order valence-corrected chi connectivity index (χ0v) is 7.42. The lowest BCUT2D eigenvalue weighted by Gasteiger charge is -2.02. The number of rotatable bonds is 4. The predicted molar refractivity (Wildman–Crippen MR) is 46.5 cm³/mol. The van der Waals surface area contributed by atoms with Crippen molar-refractivity contribution in [3.8, 4) is 5.75 Å². The first kappa shape index (κ1) is 9.73. The number of hydrogen-bond acceptors (Lipinski definition) is 3. The van der Waals surface area contributed by atoms with E-state index in [0.717, 1.165) is 0 Å². The molecule has 0 aliphatic carbocycles. The molecule has 0 radical (unpaired) electrons. The van der Waals surface area contributed by atoms with Crippen LogP contribution in [0.15, 0.2) is 42.9 Å². The van der Waals surface area contributed by atoms with Gasteiger partial charge in [-0.25, -0.2) is 0 Å². The van der Waals surface area contributed by atoms with Crippen LogP contribution in [0.25, 0.3) is 0 Å². The van der Waals surface area contributed by atoms with Crippen molar-refractivity contribution >= 4 is 11.4 Å². The fraction of sp³-hybridized carbons (Fsp3) is 0. The smallest absolute Gasteiger partial charge is 0.371 e. The second-order valence-electron chi connectivity index (χ2n) is 2.04. The third kappa shape index (κ3) is 3.71. The van der Waals surface area contributed by atoms with Crippen LogP contribution in [0.2, 0.25) is 0 Å². The van der Waals surface area contributed by atoms with Gasteiger partial charge in [0.15, 0.2) is 0 Å². The zero-order valence-electron chi connectivity index (χ0n) is 6.60. The summed E-state index contributed by atoms with van der Waals surface area (Å²) in [6.45, 7) is 2.77. The van der Waals surface area contributed by atoms with E-state index in [1.165, 1.54) is 0 Å². The summed E-state index contributed by atoms with van der Waals surface area (Å²) in [5.74, 6) is 0.335. The van der Waals surface area contributed by atoms with Crippen LogP contribution >= 0.6 is 0 Å². The Hall–Kier alpha value is -1.36. The number of para-hydroxylation sites is 1. The van der Waals surface area contributed by atoms with Gasteiger partial charge in [0, 0.05) is 0 Å². The van der Waals surface area contributed by atoms with E-state index >= 15 is 0 Å². The molecule has 0 bridgehead atoms. The quantitative estimate of drug-likeness (QED) is 0.701. The van der Waals surface area contributed by atoms with Gasteiger partial charge in [-0.1, -0.05) is 18.2 Å². The molecule has 0 aliphatic rings. The van der Waals surface area contributed by atoms with Gasteiger partial charge in [-0.15, -0.1) is 0 Å². The minimum atomic E-state index is -2.18. The van der Waals surface area contributed by atoms with E-state index in [1.54, 1.807) is 30.3 Å². The average Bonchev–Trinajstić information content (AvgIpc) is 2.04. The molecule has 3 nitrogen and oxygen atoms in total. The second kappa shape index (κ2) is 4.61. The largest absolute Gasteiger partial charge is 0.419 e. The van der Waals surface area contributed by atoms with Crippen LogP contribution in [-0.2, 0) is 15.5 Å². The summed E-state index contributed by atoms with van der Waals surface area (Å²) in [7, 11) is 0. The van der Waals surface area contributed by atoms with Gasteiger partial charge in [-0.05, 0) is 18.7 Å². The van der Waals surface area contributed by atoms with E-state index in [-0.39, 0.29) is 0 Å². The Morgan fingerprint density at radius 1 is 1.38 bits per heavy atom. The van der Waals surface area contributed by atoms with Crippen LogP contribution < -0.4 is 4.18 Å². The van der Waals surface area contributed by atoms with Gasteiger partial charge < -0.3 is 8.37 Å². The zero-order chi connectivity index (χ0) is 9.68. The summed E-state index contributed by atoms with van der Waals surface area (Å²) in [6.07, 6.45) is 0. The molecule has 0 spiro atoms. The minimum Gasteiger partial charge on any atom is -0.371 e. The van der Waals surface area contributed by atoms with E-state index in [9.17, 15) is 8.60 Å². The molecule has 1 unspecified atom stereocenters. The Morgan fingerprint density at radius 3 is 2.54 bits per heavy atom. The maximum Gasteiger partial charge on any atom is 0.419 e. The van der Waals surface area contributed by atoms with Crippen LogP contribution in [0.4, 0.5) is 4.39 Å². The van der Waals surface area contributed by atoms with Gasteiger partial charge in [0.25, 0.3) is 6.01 Å². The molecule has 0 aliphatic heterocycles. The molecule has 0 saturated heterocycles. The summed E-state index contributed by atoms with van der Waals surface area (Å²) in [6, 6.07) is 7.15. The van der Waals surface area contributed by atoms with Gasteiger partial charge in [0.05, 0.1) is 0 Å². The lowest BCUT2D eigenvalue weighted by atomic mass is 10.3. The van der Waals surface area contributed by atoms with Crippen molar-refractivity contribution < 1.29 is 17.0 Å². The van der Waals surface area contributed by atoms with Crippen molar-refractivity contribution in [1.82, 2.24) is 0 Å². The fourth-order valence-corrected chi connectivity index (χ4v) is 1.10. The summed E-state index contributed by atoms with van der Waals surface area (Å²) in [4.78, 5) is 0. The van der Waals surface area contributed by atoms with Crippen LogP contribution in [0.3, 0.4) is 0 Å². The Labute approximate surface area is 77.7 Å². The third-order valence-corrected chi connectivity index (χ3v) is 1.71. The average molecular weight is 202 g/mol. The van der Waals surface area contributed by atoms with Gasteiger partial charge in [-0.3, -0.25) is 0 Å². The summed E-state index contributed by atoms with van der Waals surface area (Å²) in [5, 5.41) is 0. The first-order valence-electron chi connectivity index (χ1n) is 3.36. The van der Waals surface area contributed by atoms with Crippen molar-refractivity contribution in [2.24, 2.45) is 0 Å². The topological polar surface area (TPSA) is 35.5 Å². The third-order valence-electron chi connectivity index (χ3n) is 1.07. The summed E-state index contributed by atoms with van der Waals surface area (Å²) >= 11 is -2.18. The first-order valence-corrected chi connectivity index (χ1v) is 4.36. The molecule has 1 atom stereocenters. The second-order valence-corrected chi connectivity index (χ2v) is 2.78. The molecule has 5 heteroatoms. The van der Waals surface area contributed by atoms with E-state index in [2.05, 4.69) is 14.9 Å². The highest BCUT2D eigenvalue weighted by molar-refractivity contribution is 7.75. The normalized spacial score (nSPS) is 11.8. The molecule has 0 heterocycles. The van der Waals surface area contributed by atoms with Crippen LogP contribution in [0.5, 0.6) is 5.75 Å². The van der Waals surface area contributed by atoms with Gasteiger partial charge in [-0.2, -0.15) is 8.60 Å². The van der Waals surface area contributed by atoms with E-state index in [0.29, 0.717) is 5.75 Å². The highest BCUT2D eigenvalue weighted by atomic mass is 32.2. The summed E-state index contributed by atoms with van der Waals surface area (Å²) < 4.78 is 31.5. The molecular formula is C8H7FO3S. The monoisotopic (exact) mass is 202 g/mol.